The summed E-state index contributed by atoms with van der Waals surface area (Å²) in [6, 6.07) is 17.8. The van der Waals surface area contributed by atoms with Gasteiger partial charge in [0, 0.05) is 27.7 Å². The van der Waals surface area contributed by atoms with Gasteiger partial charge in [-0.15, -0.1) is 0 Å². The van der Waals surface area contributed by atoms with Crippen molar-refractivity contribution in [2.75, 3.05) is 10.8 Å². The number of nitrogens with zero attached hydrogens (tertiary/aromatic N) is 2. The maximum atomic E-state index is 13.9. The van der Waals surface area contributed by atoms with Crippen LogP contribution < -0.4 is 9.62 Å². The average molecular weight is 611 g/mol. The van der Waals surface area contributed by atoms with Crippen LogP contribution in [0.25, 0.3) is 0 Å². The largest absolute Gasteiger partial charge is 0.352 e. The fraction of sp³-hybridized carbons (Fsp3) is 0.286. The number of carbonyl (C=O) groups excluding carboxylic acids is 2. The molecule has 0 spiro atoms. The summed E-state index contributed by atoms with van der Waals surface area (Å²) in [5.41, 5.74) is 0.888. The van der Waals surface area contributed by atoms with Crippen molar-refractivity contribution in [2.45, 2.75) is 50.7 Å². The third-order valence-corrected chi connectivity index (χ3v) is 8.70. The highest BCUT2D eigenvalue weighted by Crippen LogP contribution is 2.27. The molecule has 0 aliphatic heterocycles. The van der Waals surface area contributed by atoms with Crippen LogP contribution in [0.2, 0.25) is 15.1 Å². The molecule has 208 valence electrons. The van der Waals surface area contributed by atoms with Gasteiger partial charge >= 0.3 is 0 Å². The molecule has 0 heterocycles. The minimum atomic E-state index is -4.22. The Morgan fingerprint density at radius 3 is 2.08 bits per heavy atom. The van der Waals surface area contributed by atoms with E-state index in [9.17, 15) is 18.0 Å². The van der Waals surface area contributed by atoms with Crippen LogP contribution in [-0.4, -0.2) is 43.8 Å². The Morgan fingerprint density at radius 2 is 1.49 bits per heavy atom. The molecule has 0 saturated carbocycles. The molecule has 3 aromatic carbocycles. The van der Waals surface area contributed by atoms with Gasteiger partial charge in [0.15, 0.2) is 0 Å². The van der Waals surface area contributed by atoms with Gasteiger partial charge in [-0.2, -0.15) is 0 Å². The molecule has 0 fully saturated rings. The number of halogens is 3. The number of rotatable bonds is 11. The van der Waals surface area contributed by atoms with Crippen molar-refractivity contribution < 1.29 is 18.0 Å². The van der Waals surface area contributed by atoms with Crippen molar-refractivity contribution in [2.24, 2.45) is 0 Å². The van der Waals surface area contributed by atoms with E-state index in [0.29, 0.717) is 27.1 Å². The first-order chi connectivity index (χ1) is 18.4. The summed E-state index contributed by atoms with van der Waals surface area (Å²) in [4.78, 5) is 28.3. The zero-order chi connectivity index (χ0) is 28.7. The molecule has 0 saturated heterocycles. The Kier molecular flexibility index (Phi) is 10.7. The third-order valence-electron chi connectivity index (χ3n) is 6.19. The van der Waals surface area contributed by atoms with Gasteiger partial charge in [0.2, 0.25) is 11.8 Å². The summed E-state index contributed by atoms with van der Waals surface area (Å²) >= 11 is 18.3. The molecule has 3 rings (SSSR count). The summed E-state index contributed by atoms with van der Waals surface area (Å²) in [6.07, 6.45) is 0.711. The summed E-state index contributed by atoms with van der Waals surface area (Å²) in [7, 11) is -4.22. The van der Waals surface area contributed by atoms with Crippen LogP contribution in [0.4, 0.5) is 5.69 Å². The first kappa shape index (κ1) is 30.8. The molecule has 0 radical (unpaired) electrons. The first-order valence-electron chi connectivity index (χ1n) is 12.3. The second-order valence-electron chi connectivity index (χ2n) is 9.09. The Morgan fingerprint density at radius 1 is 0.872 bits per heavy atom. The summed E-state index contributed by atoms with van der Waals surface area (Å²) in [6.45, 7) is 4.88. The van der Waals surface area contributed by atoms with Crippen molar-refractivity contribution in [3.63, 3.8) is 0 Å². The fourth-order valence-electron chi connectivity index (χ4n) is 3.77. The van der Waals surface area contributed by atoms with E-state index in [-0.39, 0.29) is 29.1 Å². The van der Waals surface area contributed by atoms with Crippen LogP contribution in [-0.2, 0) is 26.2 Å². The number of carbonyl (C=O) groups is 2. The Labute approximate surface area is 244 Å². The first-order valence-corrected chi connectivity index (χ1v) is 14.9. The lowest BCUT2D eigenvalue weighted by molar-refractivity contribution is -0.139. The maximum Gasteiger partial charge on any atom is 0.264 e. The van der Waals surface area contributed by atoms with E-state index < -0.39 is 28.5 Å². The standard InChI is InChI=1S/C28H30Cl3N3O4S/c1-4-19(2)32-28(36)20(3)33(17-21-7-5-8-23(30)15-21)27(35)18-34(25-10-6-9-24(31)16-25)39(37,38)26-13-11-22(29)12-14-26/h5-16,19-20H,4,17-18H2,1-3H3,(H,32,36). The van der Waals surface area contributed by atoms with Crippen LogP contribution in [0.3, 0.4) is 0 Å². The monoisotopic (exact) mass is 609 g/mol. The molecule has 7 nitrogen and oxygen atoms in total. The second kappa shape index (κ2) is 13.5. The molecular formula is C28H30Cl3N3O4S. The van der Waals surface area contributed by atoms with Gasteiger partial charge in [-0.25, -0.2) is 8.42 Å². The topological polar surface area (TPSA) is 86.8 Å². The van der Waals surface area contributed by atoms with E-state index in [1.807, 2.05) is 13.8 Å². The average Bonchev–Trinajstić information content (AvgIpc) is 2.89. The minimum Gasteiger partial charge on any atom is -0.352 e. The number of anilines is 1. The van der Waals surface area contributed by atoms with E-state index >= 15 is 0 Å². The number of hydrogen-bond acceptors (Lipinski definition) is 4. The van der Waals surface area contributed by atoms with Crippen LogP contribution >= 0.6 is 34.8 Å². The third kappa shape index (κ3) is 8.11. The van der Waals surface area contributed by atoms with E-state index in [0.717, 1.165) is 4.31 Å². The van der Waals surface area contributed by atoms with Crippen molar-refractivity contribution in [1.29, 1.82) is 0 Å². The summed E-state index contributed by atoms with van der Waals surface area (Å²) in [5, 5.41) is 4.04. The van der Waals surface area contributed by atoms with Gasteiger partial charge in [0.25, 0.3) is 10.0 Å². The lowest BCUT2D eigenvalue weighted by Crippen LogP contribution is -2.52. The van der Waals surface area contributed by atoms with Gasteiger partial charge in [-0.1, -0.05) is 59.9 Å². The number of sulfonamides is 1. The van der Waals surface area contributed by atoms with Gasteiger partial charge in [0.1, 0.15) is 12.6 Å². The highest BCUT2D eigenvalue weighted by Gasteiger charge is 2.33. The number of hydrogen-bond donors (Lipinski definition) is 1. The fourth-order valence-corrected chi connectivity index (χ4v) is 5.70. The highest BCUT2D eigenvalue weighted by molar-refractivity contribution is 7.92. The zero-order valence-corrected chi connectivity index (χ0v) is 24.9. The minimum absolute atomic E-state index is 0.0405. The van der Waals surface area contributed by atoms with Crippen LogP contribution in [0.5, 0.6) is 0 Å². The zero-order valence-electron chi connectivity index (χ0n) is 21.8. The number of amides is 2. The number of nitrogens with one attached hydrogen (secondary N) is 1. The quantitative estimate of drug-likeness (QED) is 0.281. The smallest absolute Gasteiger partial charge is 0.264 e. The lowest BCUT2D eigenvalue weighted by atomic mass is 10.1. The van der Waals surface area contributed by atoms with Crippen molar-refractivity contribution >= 4 is 62.3 Å². The molecular weight excluding hydrogens is 581 g/mol. The van der Waals surface area contributed by atoms with Crippen LogP contribution in [0, 0.1) is 0 Å². The number of benzene rings is 3. The molecule has 2 unspecified atom stereocenters. The van der Waals surface area contributed by atoms with Crippen LogP contribution in [0.1, 0.15) is 32.8 Å². The second-order valence-corrected chi connectivity index (χ2v) is 12.3. The Hall–Kier alpha value is -2.78. The van der Waals surface area contributed by atoms with E-state index in [2.05, 4.69) is 5.32 Å². The van der Waals surface area contributed by atoms with Gasteiger partial charge in [0.05, 0.1) is 10.6 Å². The molecule has 11 heteroatoms. The van der Waals surface area contributed by atoms with Crippen molar-refractivity contribution in [3.8, 4) is 0 Å². The molecule has 3 aromatic rings. The lowest BCUT2D eigenvalue weighted by Gasteiger charge is -2.32. The van der Waals surface area contributed by atoms with Crippen LogP contribution in [0.15, 0.2) is 77.7 Å². The molecule has 0 aliphatic carbocycles. The molecule has 0 bridgehead atoms. The molecule has 0 aliphatic rings. The van der Waals surface area contributed by atoms with Crippen molar-refractivity contribution in [1.82, 2.24) is 10.2 Å². The molecule has 1 N–H and O–H groups in total. The van der Waals surface area contributed by atoms with E-state index in [1.165, 1.54) is 35.2 Å². The molecule has 0 aromatic heterocycles. The SMILES string of the molecule is CCC(C)NC(=O)C(C)N(Cc1cccc(Cl)c1)C(=O)CN(c1cccc(Cl)c1)S(=O)(=O)c1ccc(Cl)cc1. The summed E-state index contributed by atoms with van der Waals surface area (Å²) in [5.74, 6) is -0.936. The Bertz CT molecular complexity index is 1420. The highest BCUT2D eigenvalue weighted by atomic mass is 35.5. The maximum absolute atomic E-state index is 13.9. The molecule has 39 heavy (non-hydrogen) atoms. The Balaban J connectivity index is 2.03. The van der Waals surface area contributed by atoms with Gasteiger partial charge < -0.3 is 10.2 Å². The van der Waals surface area contributed by atoms with Gasteiger partial charge in [-0.05, 0) is 80.4 Å². The normalized spacial score (nSPS) is 12.9. The molecule has 2 atom stereocenters. The summed E-state index contributed by atoms with van der Waals surface area (Å²) < 4.78 is 28.5. The predicted octanol–water partition coefficient (Wildman–Crippen LogP) is 6.17. The van der Waals surface area contributed by atoms with Crippen molar-refractivity contribution in [3.05, 3.63) is 93.4 Å². The predicted molar refractivity (Wildman–Crippen MR) is 157 cm³/mol. The van der Waals surface area contributed by atoms with E-state index in [4.69, 9.17) is 34.8 Å². The van der Waals surface area contributed by atoms with E-state index in [1.54, 1.807) is 49.4 Å². The molecule has 2 amide bonds. The van der Waals surface area contributed by atoms with Gasteiger partial charge in [-0.3, -0.25) is 13.9 Å².